The lowest BCUT2D eigenvalue weighted by Crippen LogP contribution is -2.10. The maximum atomic E-state index is 5.57. The Labute approximate surface area is 102 Å². The molecule has 0 heterocycles. The van der Waals surface area contributed by atoms with Crippen LogP contribution < -0.4 is 5.09 Å². The van der Waals surface area contributed by atoms with Crippen LogP contribution in [0.1, 0.15) is 34.1 Å². The standard InChI is InChI=1S/C9H21N2OPS2/c1-5-9(4)10-8-11-13(14,12-6-2)15-7-3/h8-9H,5-7H2,1-4H3,(H,10,11,14). The van der Waals surface area contributed by atoms with Crippen LogP contribution in [0.25, 0.3) is 0 Å². The van der Waals surface area contributed by atoms with Crippen LogP contribution in [0, 0.1) is 0 Å². The van der Waals surface area contributed by atoms with E-state index >= 15 is 0 Å². The molecule has 0 saturated carbocycles. The van der Waals surface area contributed by atoms with Crippen molar-refractivity contribution >= 4 is 35.1 Å². The molecule has 1 N–H and O–H groups in total. The van der Waals surface area contributed by atoms with E-state index in [0.717, 1.165) is 12.2 Å². The fourth-order valence-corrected chi connectivity index (χ4v) is 5.23. The Morgan fingerprint density at radius 2 is 2.20 bits per heavy atom. The number of hydrogen-bond donors (Lipinski definition) is 1. The third-order valence-electron chi connectivity index (χ3n) is 1.73. The molecule has 6 heteroatoms. The van der Waals surface area contributed by atoms with Gasteiger partial charge >= 0.3 is 0 Å². The maximum absolute atomic E-state index is 5.57. The zero-order valence-corrected chi connectivity index (χ0v) is 12.4. The molecule has 3 nitrogen and oxygen atoms in total. The highest BCUT2D eigenvalue weighted by atomic mass is 32.9. The highest BCUT2D eigenvalue weighted by Gasteiger charge is 2.14. The second-order valence-corrected chi connectivity index (χ2v) is 9.90. The first-order valence-electron chi connectivity index (χ1n) is 5.26. The first-order valence-corrected chi connectivity index (χ1v) is 9.57. The van der Waals surface area contributed by atoms with E-state index < -0.39 is 5.62 Å². The third kappa shape index (κ3) is 7.34. The van der Waals surface area contributed by atoms with Crippen LogP contribution in [0.15, 0.2) is 4.99 Å². The summed E-state index contributed by atoms with van der Waals surface area (Å²) >= 11 is 7.10. The van der Waals surface area contributed by atoms with Gasteiger partial charge in [0.2, 0.25) is 5.62 Å². The summed E-state index contributed by atoms with van der Waals surface area (Å²) < 4.78 is 5.57. The van der Waals surface area contributed by atoms with E-state index in [0.29, 0.717) is 12.6 Å². The van der Waals surface area contributed by atoms with Crippen LogP contribution in [0.4, 0.5) is 0 Å². The van der Waals surface area contributed by atoms with Crippen LogP contribution in [-0.4, -0.2) is 24.7 Å². The Kier molecular flexibility index (Phi) is 8.81. The molecule has 2 atom stereocenters. The van der Waals surface area contributed by atoms with Crippen molar-refractivity contribution in [1.82, 2.24) is 5.09 Å². The molecule has 90 valence electrons. The Morgan fingerprint density at radius 1 is 1.53 bits per heavy atom. The Morgan fingerprint density at radius 3 is 2.67 bits per heavy atom. The lowest BCUT2D eigenvalue weighted by Gasteiger charge is -2.19. The quantitative estimate of drug-likeness (QED) is 0.415. The highest BCUT2D eigenvalue weighted by molar-refractivity contribution is 8.68. The normalized spacial score (nSPS) is 17.6. The molecule has 0 fully saturated rings. The number of nitrogens with one attached hydrogen (secondary N) is 1. The molecule has 2 unspecified atom stereocenters. The second-order valence-electron chi connectivity index (χ2n) is 3.00. The highest BCUT2D eigenvalue weighted by Crippen LogP contribution is 2.55. The van der Waals surface area contributed by atoms with Gasteiger partial charge in [-0.05, 0) is 37.8 Å². The van der Waals surface area contributed by atoms with E-state index in [2.05, 4.69) is 30.9 Å². The molecule has 15 heavy (non-hydrogen) atoms. The van der Waals surface area contributed by atoms with Crippen LogP contribution in [0.5, 0.6) is 0 Å². The number of nitrogens with zero attached hydrogens (tertiary/aromatic N) is 1. The van der Waals surface area contributed by atoms with Crippen LogP contribution >= 0.6 is 17.0 Å². The molecule has 0 saturated heterocycles. The minimum absolute atomic E-state index is 0.342. The smallest absolute Gasteiger partial charge is 0.211 e. The summed E-state index contributed by atoms with van der Waals surface area (Å²) in [4.78, 5) is 4.32. The predicted molar refractivity (Wildman–Crippen MR) is 75.4 cm³/mol. The van der Waals surface area contributed by atoms with E-state index in [9.17, 15) is 0 Å². The van der Waals surface area contributed by atoms with Crippen molar-refractivity contribution in [1.29, 1.82) is 0 Å². The van der Waals surface area contributed by atoms with E-state index in [1.165, 1.54) is 0 Å². The molecule has 0 aromatic rings. The van der Waals surface area contributed by atoms with Crippen LogP contribution in [0.3, 0.4) is 0 Å². The summed E-state index contributed by atoms with van der Waals surface area (Å²) in [5.74, 6) is 0.960. The Balaban J connectivity index is 4.17. The van der Waals surface area contributed by atoms with Crippen LogP contribution in [0.2, 0.25) is 0 Å². The summed E-state index contributed by atoms with van der Waals surface area (Å²) in [6, 6.07) is 0.342. The van der Waals surface area contributed by atoms with Crippen molar-refractivity contribution in [2.45, 2.75) is 40.2 Å². The minimum atomic E-state index is -1.94. The molecule has 0 radical (unpaired) electrons. The minimum Gasteiger partial charge on any atom is -0.327 e. The molecule has 0 aromatic heterocycles. The first kappa shape index (κ1) is 15.4. The molecule has 0 amide bonds. The zero-order chi connectivity index (χ0) is 11.7. The largest absolute Gasteiger partial charge is 0.327 e. The van der Waals surface area contributed by atoms with Gasteiger partial charge in [-0.15, -0.1) is 0 Å². The van der Waals surface area contributed by atoms with Gasteiger partial charge in [-0.25, -0.2) is 0 Å². The van der Waals surface area contributed by atoms with Gasteiger partial charge in [-0.3, -0.25) is 4.99 Å². The van der Waals surface area contributed by atoms with Gasteiger partial charge in [-0.2, -0.15) is 0 Å². The van der Waals surface area contributed by atoms with Crippen molar-refractivity contribution in [3.63, 3.8) is 0 Å². The lowest BCUT2D eigenvalue weighted by molar-refractivity contribution is 0.383. The van der Waals surface area contributed by atoms with Gasteiger partial charge in [0, 0.05) is 6.04 Å². The lowest BCUT2D eigenvalue weighted by atomic mass is 10.3. The van der Waals surface area contributed by atoms with Gasteiger partial charge in [0.05, 0.1) is 12.9 Å². The van der Waals surface area contributed by atoms with Crippen LogP contribution in [-0.2, 0) is 16.3 Å². The van der Waals surface area contributed by atoms with Gasteiger partial charge in [0.1, 0.15) is 0 Å². The van der Waals surface area contributed by atoms with E-state index in [-0.39, 0.29) is 0 Å². The molecule has 0 aliphatic carbocycles. The molecule has 0 bridgehead atoms. The van der Waals surface area contributed by atoms with Gasteiger partial charge in [-0.1, -0.05) is 25.2 Å². The summed E-state index contributed by atoms with van der Waals surface area (Å²) in [6.45, 7) is 8.88. The SMILES string of the molecule is CCOP(=S)(NC=NC(C)CC)SCC. The predicted octanol–water partition coefficient (Wildman–Crippen LogP) is 3.42. The molecular weight excluding hydrogens is 247 g/mol. The Hall–Kier alpha value is 0.430. The summed E-state index contributed by atoms with van der Waals surface area (Å²) in [5.41, 5.74) is -1.94. The fourth-order valence-electron chi connectivity index (χ4n) is 0.788. The van der Waals surface area contributed by atoms with E-state index in [1.807, 2.05) is 6.92 Å². The molecule has 0 aliphatic heterocycles. The average Bonchev–Trinajstić information content (AvgIpc) is 2.18. The molecule has 0 spiro atoms. The molecule has 0 aliphatic rings. The number of rotatable bonds is 8. The van der Waals surface area contributed by atoms with E-state index in [1.54, 1.807) is 17.7 Å². The fraction of sp³-hybridized carbons (Fsp3) is 0.889. The number of hydrogen-bond acceptors (Lipinski definition) is 4. The van der Waals surface area contributed by atoms with E-state index in [4.69, 9.17) is 16.3 Å². The van der Waals surface area contributed by atoms with Crippen molar-refractivity contribution in [3.05, 3.63) is 0 Å². The first-order chi connectivity index (χ1) is 7.08. The summed E-state index contributed by atoms with van der Waals surface area (Å²) in [5, 5.41) is 3.14. The van der Waals surface area contributed by atoms with Crippen molar-refractivity contribution in [2.75, 3.05) is 12.4 Å². The topological polar surface area (TPSA) is 33.6 Å². The van der Waals surface area contributed by atoms with Crippen molar-refractivity contribution in [2.24, 2.45) is 4.99 Å². The van der Waals surface area contributed by atoms with Gasteiger partial charge in [0.15, 0.2) is 0 Å². The maximum Gasteiger partial charge on any atom is 0.211 e. The molecular formula is C9H21N2OPS2. The van der Waals surface area contributed by atoms with Gasteiger partial charge < -0.3 is 9.61 Å². The summed E-state index contributed by atoms with van der Waals surface area (Å²) in [6.07, 6.45) is 2.75. The average molecular weight is 268 g/mol. The Bertz CT molecular complexity index is 226. The second kappa shape index (κ2) is 8.57. The molecule has 0 aromatic carbocycles. The number of aliphatic imine (C=N–C) groups is 1. The van der Waals surface area contributed by atoms with Gasteiger partial charge in [0.25, 0.3) is 0 Å². The van der Waals surface area contributed by atoms with Crippen molar-refractivity contribution < 1.29 is 4.52 Å². The van der Waals surface area contributed by atoms with Crippen molar-refractivity contribution in [3.8, 4) is 0 Å². The zero-order valence-electron chi connectivity index (χ0n) is 9.90. The molecule has 0 rings (SSSR count). The monoisotopic (exact) mass is 268 g/mol. The third-order valence-corrected chi connectivity index (χ3v) is 7.37. The summed E-state index contributed by atoms with van der Waals surface area (Å²) in [7, 11) is 0.